The number of amides is 2. The normalized spacial score (nSPS) is 16.8. The number of carbonyl (C=O) groups excluding carboxylic acids is 1. The summed E-state index contributed by atoms with van der Waals surface area (Å²) in [4.78, 5) is 23.5. The van der Waals surface area contributed by atoms with E-state index in [9.17, 15) is 4.79 Å². The fraction of sp³-hybridized carbons (Fsp3) is 0.368. The van der Waals surface area contributed by atoms with Crippen LogP contribution in [-0.4, -0.2) is 46.3 Å². The molecule has 3 heterocycles. The Balaban J connectivity index is 1.51. The number of rotatable bonds is 5. The minimum absolute atomic E-state index is 0.188. The van der Waals surface area contributed by atoms with Crippen molar-refractivity contribution in [3.8, 4) is 0 Å². The molecule has 1 unspecified atom stereocenters. The summed E-state index contributed by atoms with van der Waals surface area (Å²) in [7, 11) is 1.63. The first-order valence-electron chi connectivity index (χ1n) is 8.99. The van der Waals surface area contributed by atoms with Gasteiger partial charge in [0.1, 0.15) is 6.04 Å². The quantitative estimate of drug-likeness (QED) is 0.744. The first kappa shape index (κ1) is 17.4. The zero-order valence-corrected chi connectivity index (χ0v) is 15.1. The van der Waals surface area contributed by atoms with Crippen LogP contribution in [0, 0.1) is 0 Å². The molecule has 27 heavy (non-hydrogen) atoms. The molecule has 1 fully saturated rings. The smallest absolute Gasteiger partial charge is 0.322 e. The van der Waals surface area contributed by atoms with Gasteiger partial charge in [0.25, 0.3) is 0 Å². The highest BCUT2D eigenvalue weighted by Crippen LogP contribution is 2.32. The molecule has 1 aromatic carbocycles. The third-order valence-electron chi connectivity index (χ3n) is 4.69. The van der Waals surface area contributed by atoms with E-state index in [0.29, 0.717) is 37.0 Å². The Morgan fingerprint density at radius 1 is 1.37 bits per heavy atom. The number of aromatic nitrogens is 3. The Labute approximate surface area is 156 Å². The molecule has 1 aliphatic rings. The van der Waals surface area contributed by atoms with Crippen LogP contribution in [0.15, 0.2) is 41.1 Å². The van der Waals surface area contributed by atoms with E-state index in [1.165, 1.54) is 0 Å². The lowest BCUT2D eigenvalue weighted by molar-refractivity contribution is 0.192. The number of hydrogen-bond acceptors (Lipinski definition) is 6. The maximum atomic E-state index is 12.9. The van der Waals surface area contributed by atoms with Gasteiger partial charge in [-0.1, -0.05) is 23.4 Å². The molecule has 0 bridgehead atoms. The maximum absolute atomic E-state index is 12.9. The number of carbonyl (C=O) groups is 1. The van der Waals surface area contributed by atoms with Crippen LogP contribution in [0.3, 0.4) is 0 Å². The number of anilines is 1. The van der Waals surface area contributed by atoms with E-state index in [4.69, 9.17) is 9.26 Å². The molecule has 4 rings (SSSR count). The average molecular weight is 367 g/mol. The van der Waals surface area contributed by atoms with E-state index in [1.54, 1.807) is 18.2 Å². The molecule has 0 spiro atoms. The van der Waals surface area contributed by atoms with Crippen molar-refractivity contribution in [3.05, 3.63) is 48.2 Å². The number of nitrogens with one attached hydrogen (secondary N) is 1. The Bertz CT molecular complexity index is 936. The van der Waals surface area contributed by atoms with E-state index < -0.39 is 0 Å². The van der Waals surface area contributed by atoms with E-state index in [1.807, 2.05) is 30.3 Å². The molecule has 140 valence electrons. The van der Waals surface area contributed by atoms with Gasteiger partial charge in [-0.15, -0.1) is 0 Å². The largest absolute Gasteiger partial charge is 0.384 e. The third-order valence-corrected chi connectivity index (χ3v) is 4.69. The number of methoxy groups -OCH3 is 1. The van der Waals surface area contributed by atoms with E-state index in [-0.39, 0.29) is 12.1 Å². The van der Waals surface area contributed by atoms with E-state index in [2.05, 4.69) is 20.4 Å². The van der Waals surface area contributed by atoms with Crippen LogP contribution in [0.25, 0.3) is 10.9 Å². The fourth-order valence-electron chi connectivity index (χ4n) is 3.36. The summed E-state index contributed by atoms with van der Waals surface area (Å²) in [5.41, 5.74) is 1.46. The van der Waals surface area contributed by atoms with Gasteiger partial charge in [0.2, 0.25) is 5.89 Å². The van der Waals surface area contributed by atoms with Crippen molar-refractivity contribution < 1.29 is 14.1 Å². The third kappa shape index (κ3) is 3.61. The van der Waals surface area contributed by atoms with Crippen molar-refractivity contribution in [2.45, 2.75) is 25.3 Å². The first-order chi connectivity index (χ1) is 13.3. The molecule has 0 radical (unpaired) electrons. The summed E-state index contributed by atoms with van der Waals surface area (Å²) >= 11 is 0. The molecule has 0 aliphatic carbocycles. The number of benzene rings is 1. The molecule has 1 saturated heterocycles. The standard InChI is InChI=1S/C19H21N5O3/c1-26-12-9-16-22-18(27-23-16)15-8-4-11-24(15)19(25)21-14-7-2-5-13-6-3-10-20-17(13)14/h2-3,5-7,10,15H,4,8-9,11-12H2,1H3,(H,21,25). The summed E-state index contributed by atoms with van der Waals surface area (Å²) in [6, 6.07) is 9.17. The molecule has 1 N–H and O–H groups in total. The monoisotopic (exact) mass is 367 g/mol. The SMILES string of the molecule is COCCc1noc(C2CCCN2C(=O)Nc2cccc3cccnc23)n1. The molecule has 3 aromatic rings. The molecule has 0 saturated carbocycles. The average Bonchev–Trinajstić information content (AvgIpc) is 3.36. The summed E-state index contributed by atoms with van der Waals surface area (Å²) in [5, 5.41) is 7.94. The summed E-state index contributed by atoms with van der Waals surface area (Å²) in [5.74, 6) is 1.07. The van der Waals surface area contributed by atoms with Gasteiger partial charge < -0.3 is 19.5 Å². The fourth-order valence-corrected chi connectivity index (χ4v) is 3.36. The number of urea groups is 1. The zero-order chi connectivity index (χ0) is 18.6. The number of para-hydroxylation sites is 1. The minimum Gasteiger partial charge on any atom is -0.384 e. The molecule has 2 amide bonds. The van der Waals surface area contributed by atoms with Crippen LogP contribution >= 0.6 is 0 Å². The van der Waals surface area contributed by atoms with Crippen molar-refractivity contribution >= 4 is 22.6 Å². The van der Waals surface area contributed by atoms with Crippen LogP contribution in [0.2, 0.25) is 0 Å². The molecule has 8 heteroatoms. The lowest BCUT2D eigenvalue weighted by Crippen LogP contribution is -2.34. The minimum atomic E-state index is -0.211. The van der Waals surface area contributed by atoms with Crippen molar-refractivity contribution in [2.75, 3.05) is 25.6 Å². The van der Waals surface area contributed by atoms with Crippen LogP contribution in [0.1, 0.15) is 30.6 Å². The molecular weight excluding hydrogens is 346 g/mol. The van der Waals surface area contributed by atoms with Gasteiger partial charge in [0.15, 0.2) is 5.82 Å². The lowest BCUT2D eigenvalue weighted by atomic mass is 10.2. The Kier molecular flexibility index (Phi) is 4.97. The first-order valence-corrected chi connectivity index (χ1v) is 8.99. The highest BCUT2D eigenvalue weighted by molar-refractivity contribution is 5.99. The molecule has 8 nitrogen and oxygen atoms in total. The Morgan fingerprint density at radius 3 is 3.15 bits per heavy atom. The van der Waals surface area contributed by atoms with Crippen molar-refractivity contribution in [1.82, 2.24) is 20.0 Å². The highest BCUT2D eigenvalue weighted by Gasteiger charge is 2.34. The van der Waals surface area contributed by atoms with Gasteiger partial charge in [-0.2, -0.15) is 4.98 Å². The second kappa shape index (κ2) is 7.71. The number of fused-ring (bicyclic) bond motifs is 1. The molecule has 1 aliphatic heterocycles. The van der Waals surface area contributed by atoms with Crippen LogP contribution in [0.4, 0.5) is 10.5 Å². The van der Waals surface area contributed by atoms with E-state index in [0.717, 1.165) is 23.7 Å². The summed E-state index contributed by atoms with van der Waals surface area (Å²) < 4.78 is 10.4. The number of hydrogen-bond donors (Lipinski definition) is 1. The Morgan fingerprint density at radius 2 is 2.26 bits per heavy atom. The van der Waals surface area contributed by atoms with Crippen LogP contribution < -0.4 is 5.32 Å². The van der Waals surface area contributed by atoms with Crippen molar-refractivity contribution in [2.24, 2.45) is 0 Å². The zero-order valence-electron chi connectivity index (χ0n) is 15.1. The second-order valence-corrected chi connectivity index (χ2v) is 6.45. The number of ether oxygens (including phenoxy) is 1. The van der Waals surface area contributed by atoms with Crippen molar-refractivity contribution in [3.63, 3.8) is 0 Å². The molecular formula is C19H21N5O3. The van der Waals surface area contributed by atoms with Crippen molar-refractivity contribution in [1.29, 1.82) is 0 Å². The summed E-state index contributed by atoms with van der Waals surface area (Å²) in [6.07, 6.45) is 3.99. The van der Waals surface area contributed by atoms with Crippen LogP contribution in [-0.2, 0) is 11.2 Å². The number of pyridine rings is 1. The van der Waals surface area contributed by atoms with Gasteiger partial charge in [0.05, 0.1) is 17.8 Å². The maximum Gasteiger partial charge on any atom is 0.322 e. The predicted octanol–water partition coefficient (Wildman–Crippen LogP) is 3.18. The summed E-state index contributed by atoms with van der Waals surface area (Å²) in [6.45, 7) is 1.17. The van der Waals surface area contributed by atoms with Gasteiger partial charge in [-0.25, -0.2) is 4.79 Å². The van der Waals surface area contributed by atoms with Crippen LogP contribution in [0.5, 0.6) is 0 Å². The lowest BCUT2D eigenvalue weighted by Gasteiger charge is -2.22. The molecule has 2 aromatic heterocycles. The van der Waals surface area contributed by atoms with Gasteiger partial charge in [-0.05, 0) is 25.0 Å². The molecule has 1 atom stereocenters. The highest BCUT2D eigenvalue weighted by atomic mass is 16.5. The Hall–Kier alpha value is -3.00. The van der Waals surface area contributed by atoms with Gasteiger partial charge in [-0.3, -0.25) is 4.98 Å². The second-order valence-electron chi connectivity index (χ2n) is 6.45. The van der Waals surface area contributed by atoms with Gasteiger partial charge >= 0.3 is 6.03 Å². The topological polar surface area (TPSA) is 93.4 Å². The van der Waals surface area contributed by atoms with Gasteiger partial charge in [0, 0.05) is 31.7 Å². The number of likely N-dealkylation sites (tertiary alicyclic amines) is 1. The predicted molar refractivity (Wildman–Crippen MR) is 99.3 cm³/mol. The number of nitrogens with zero attached hydrogens (tertiary/aromatic N) is 4. The van der Waals surface area contributed by atoms with E-state index >= 15 is 0 Å².